The summed E-state index contributed by atoms with van der Waals surface area (Å²) in [5.74, 6) is -2.09. The van der Waals surface area contributed by atoms with Gasteiger partial charge in [0.15, 0.2) is 12.2 Å². The lowest BCUT2D eigenvalue weighted by Crippen LogP contribution is -2.46. The Labute approximate surface area is 151 Å². The quantitative estimate of drug-likeness (QED) is 0.232. The highest BCUT2D eigenvalue weighted by atomic mass is 16.6. The molecule has 0 aliphatic heterocycles. The highest BCUT2D eigenvalue weighted by Gasteiger charge is 2.25. The lowest BCUT2D eigenvalue weighted by atomic mass is 10.2. The first-order valence-corrected chi connectivity index (χ1v) is 8.86. The van der Waals surface area contributed by atoms with Gasteiger partial charge in [0.2, 0.25) is 0 Å². The minimum absolute atomic E-state index is 0.126. The van der Waals surface area contributed by atoms with E-state index in [0.29, 0.717) is 11.0 Å². The molecular weight excluding hydrogens is 322 g/mol. The Morgan fingerprint density at radius 1 is 1.16 bits per heavy atom. The van der Waals surface area contributed by atoms with Crippen molar-refractivity contribution in [1.82, 2.24) is 0 Å². The van der Waals surface area contributed by atoms with Crippen molar-refractivity contribution in [2.24, 2.45) is 0 Å². The normalized spacial score (nSPS) is 14.8. The molecule has 0 rings (SSSR count). The van der Waals surface area contributed by atoms with Crippen molar-refractivity contribution in [2.75, 3.05) is 27.7 Å². The van der Waals surface area contributed by atoms with Gasteiger partial charge in [0, 0.05) is 18.8 Å². The van der Waals surface area contributed by atoms with Crippen LogP contribution < -0.4 is 5.11 Å². The fourth-order valence-electron chi connectivity index (χ4n) is 2.25. The number of aliphatic carboxylic acids is 1. The molecule has 0 saturated carbocycles. The molecular formula is C19H33NO5. The van der Waals surface area contributed by atoms with E-state index in [-0.39, 0.29) is 12.8 Å². The molecule has 0 aliphatic rings. The zero-order valence-electron chi connectivity index (χ0n) is 15.9. The van der Waals surface area contributed by atoms with Gasteiger partial charge in [-0.05, 0) is 12.8 Å². The van der Waals surface area contributed by atoms with Crippen molar-refractivity contribution < 1.29 is 29.0 Å². The van der Waals surface area contributed by atoms with E-state index in [1.54, 1.807) is 12.2 Å². The fraction of sp³-hybridized carbons (Fsp3) is 0.684. The molecule has 0 aromatic heterocycles. The van der Waals surface area contributed by atoms with Crippen LogP contribution in [0.2, 0.25) is 0 Å². The molecule has 2 atom stereocenters. The Balaban J connectivity index is 4.33. The predicted octanol–water partition coefficient (Wildman–Crippen LogP) is 1.19. The Hall–Kier alpha value is -1.66. The highest BCUT2D eigenvalue weighted by Crippen LogP contribution is 2.08. The monoisotopic (exact) mass is 355 g/mol. The summed E-state index contributed by atoms with van der Waals surface area (Å²) >= 11 is 0. The molecule has 6 nitrogen and oxygen atoms in total. The molecule has 0 fully saturated rings. The molecule has 0 spiro atoms. The van der Waals surface area contributed by atoms with Gasteiger partial charge in [0.05, 0.1) is 21.1 Å². The number of allylic oxidation sites excluding steroid dienone is 3. The Morgan fingerprint density at radius 3 is 2.36 bits per heavy atom. The van der Waals surface area contributed by atoms with Gasteiger partial charge < -0.3 is 24.2 Å². The topological polar surface area (TPSA) is 86.7 Å². The summed E-state index contributed by atoms with van der Waals surface area (Å²) in [5, 5.41) is 20.6. The van der Waals surface area contributed by atoms with Crippen LogP contribution in [0.3, 0.4) is 0 Å². The minimum Gasteiger partial charge on any atom is -0.550 e. The molecule has 0 aromatic carbocycles. The summed E-state index contributed by atoms with van der Waals surface area (Å²) in [6, 6.07) is 0. The minimum atomic E-state index is -1.30. The number of nitrogens with zero attached hydrogens (tertiary/aromatic N) is 1. The maximum absolute atomic E-state index is 11.9. The summed E-state index contributed by atoms with van der Waals surface area (Å²) in [4.78, 5) is 22.7. The second-order valence-corrected chi connectivity index (χ2v) is 7.21. The molecule has 6 heteroatoms. The van der Waals surface area contributed by atoms with Crippen molar-refractivity contribution in [3.63, 3.8) is 0 Å². The van der Waals surface area contributed by atoms with Crippen molar-refractivity contribution in [1.29, 1.82) is 0 Å². The molecule has 2 unspecified atom stereocenters. The summed E-state index contributed by atoms with van der Waals surface area (Å²) in [7, 11) is 5.59. The van der Waals surface area contributed by atoms with Crippen LogP contribution in [0.15, 0.2) is 24.3 Å². The third-order valence-electron chi connectivity index (χ3n) is 3.42. The first-order valence-electron chi connectivity index (χ1n) is 8.86. The number of likely N-dealkylation sites (N-methyl/N-ethyl adjacent to an activating group) is 1. The molecule has 0 aliphatic carbocycles. The van der Waals surface area contributed by atoms with E-state index < -0.39 is 24.1 Å². The number of quaternary nitrogens is 1. The van der Waals surface area contributed by atoms with Crippen molar-refractivity contribution in [3.05, 3.63) is 24.3 Å². The number of esters is 1. The summed E-state index contributed by atoms with van der Waals surface area (Å²) < 4.78 is 5.58. The van der Waals surface area contributed by atoms with E-state index in [1.165, 1.54) is 12.8 Å². The number of aliphatic hydroxyl groups is 1. The van der Waals surface area contributed by atoms with E-state index in [1.807, 2.05) is 33.3 Å². The largest absolute Gasteiger partial charge is 0.550 e. The molecule has 0 radical (unpaired) electrons. The van der Waals surface area contributed by atoms with E-state index in [9.17, 15) is 19.8 Å². The molecule has 0 aromatic rings. The number of carbonyl (C=O) groups is 2. The van der Waals surface area contributed by atoms with Crippen LogP contribution in [0, 0.1) is 0 Å². The van der Waals surface area contributed by atoms with Crippen LogP contribution in [0.5, 0.6) is 0 Å². The molecule has 0 saturated heterocycles. The van der Waals surface area contributed by atoms with Crippen LogP contribution in [-0.4, -0.2) is 61.4 Å². The van der Waals surface area contributed by atoms with Crippen LogP contribution in [0.1, 0.15) is 45.4 Å². The fourth-order valence-corrected chi connectivity index (χ4v) is 2.25. The predicted molar refractivity (Wildman–Crippen MR) is 95.4 cm³/mol. The summed E-state index contributed by atoms with van der Waals surface area (Å²) in [6.45, 7) is 2.48. The zero-order valence-corrected chi connectivity index (χ0v) is 15.9. The highest BCUT2D eigenvalue weighted by molar-refractivity contribution is 5.75. The average Bonchev–Trinajstić information content (AvgIpc) is 2.47. The van der Waals surface area contributed by atoms with Crippen LogP contribution in [-0.2, 0) is 14.3 Å². The number of hydrogen-bond acceptors (Lipinski definition) is 5. The van der Waals surface area contributed by atoms with Gasteiger partial charge >= 0.3 is 5.97 Å². The third kappa shape index (κ3) is 14.4. The van der Waals surface area contributed by atoms with Gasteiger partial charge in [-0.15, -0.1) is 0 Å². The second kappa shape index (κ2) is 12.7. The molecule has 1 N–H and O–H groups in total. The van der Waals surface area contributed by atoms with E-state index in [2.05, 4.69) is 6.92 Å². The van der Waals surface area contributed by atoms with Gasteiger partial charge in [0.1, 0.15) is 6.54 Å². The van der Waals surface area contributed by atoms with Gasteiger partial charge in [-0.2, -0.15) is 0 Å². The number of ether oxygens (including phenoxy) is 1. The van der Waals surface area contributed by atoms with Crippen LogP contribution >= 0.6 is 0 Å². The van der Waals surface area contributed by atoms with Crippen LogP contribution in [0.4, 0.5) is 0 Å². The van der Waals surface area contributed by atoms with E-state index >= 15 is 0 Å². The average molecular weight is 355 g/mol. The standard InChI is InChI=1S/C19H33NO5/c1-5-6-7-8-9-10-11-12-13-17(21)19(24)25-16(14-18(22)23)15-20(2,3)4/h9-12,16-17,21H,5-8,13-15H2,1-4H3/b10-9+,12-11+. The lowest BCUT2D eigenvalue weighted by molar-refractivity contribution is -0.873. The maximum atomic E-state index is 11.9. The second-order valence-electron chi connectivity index (χ2n) is 7.21. The zero-order chi connectivity index (χ0) is 19.3. The maximum Gasteiger partial charge on any atom is 0.335 e. The summed E-state index contributed by atoms with van der Waals surface area (Å²) in [5.41, 5.74) is 0. The Bertz CT molecular complexity index is 451. The molecule has 0 heterocycles. The van der Waals surface area contributed by atoms with Crippen molar-refractivity contribution in [2.45, 2.75) is 57.7 Å². The Kier molecular flexibility index (Phi) is 11.8. The lowest BCUT2D eigenvalue weighted by Gasteiger charge is -2.29. The van der Waals surface area contributed by atoms with Crippen LogP contribution in [0.25, 0.3) is 0 Å². The van der Waals surface area contributed by atoms with Gasteiger partial charge in [-0.1, -0.05) is 44.1 Å². The Morgan fingerprint density at radius 2 is 1.80 bits per heavy atom. The SMILES string of the molecule is CCCCC/C=C/C=C/CC(O)C(=O)OC(CC(=O)[O-])C[N+](C)(C)C. The molecule has 25 heavy (non-hydrogen) atoms. The van der Waals surface area contributed by atoms with E-state index in [0.717, 1.165) is 12.8 Å². The molecule has 144 valence electrons. The molecule has 0 bridgehead atoms. The van der Waals surface area contributed by atoms with Crippen molar-refractivity contribution >= 4 is 11.9 Å². The van der Waals surface area contributed by atoms with Gasteiger partial charge in [-0.3, -0.25) is 0 Å². The number of aliphatic hydroxyl groups excluding tert-OH is 1. The van der Waals surface area contributed by atoms with Gasteiger partial charge in [0.25, 0.3) is 0 Å². The first kappa shape index (κ1) is 23.3. The van der Waals surface area contributed by atoms with Gasteiger partial charge in [-0.25, -0.2) is 4.79 Å². The summed E-state index contributed by atoms with van der Waals surface area (Å²) in [6.07, 6.45) is 9.59. The number of unbranched alkanes of at least 4 members (excludes halogenated alkanes) is 3. The van der Waals surface area contributed by atoms with E-state index in [4.69, 9.17) is 4.74 Å². The number of rotatable bonds is 13. The third-order valence-corrected chi connectivity index (χ3v) is 3.42. The van der Waals surface area contributed by atoms with Crippen molar-refractivity contribution in [3.8, 4) is 0 Å². The smallest absolute Gasteiger partial charge is 0.335 e. The number of carbonyl (C=O) groups excluding carboxylic acids is 2. The first-order chi connectivity index (χ1) is 11.7. The molecule has 0 amide bonds. The number of hydrogen-bond donors (Lipinski definition) is 1. The number of carboxylic acid groups (broad SMARTS) is 1. The number of carboxylic acids is 1.